The highest BCUT2D eigenvalue weighted by Gasteiger charge is 2.18. The van der Waals surface area contributed by atoms with Crippen molar-refractivity contribution in [3.8, 4) is 0 Å². The third-order valence-corrected chi connectivity index (χ3v) is 5.18. The van der Waals surface area contributed by atoms with E-state index in [-0.39, 0.29) is 23.1 Å². The Bertz CT molecular complexity index is 547. The second kappa shape index (κ2) is 8.44. The summed E-state index contributed by atoms with van der Waals surface area (Å²) < 4.78 is 50.2. The highest BCUT2D eigenvalue weighted by Crippen LogP contribution is 2.23. The second-order valence-electron chi connectivity index (χ2n) is 5.03. The van der Waals surface area contributed by atoms with Gasteiger partial charge in [-0.3, -0.25) is 0 Å². The van der Waals surface area contributed by atoms with Crippen LogP contribution in [0.2, 0.25) is 0 Å². The molecule has 1 rings (SSSR count). The van der Waals surface area contributed by atoms with Gasteiger partial charge >= 0.3 is 0 Å². The van der Waals surface area contributed by atoms with Gasteiger partial charge in [0.1, 0.15) is 9.84 Å². The first-order chi connectivity index (χ1) is 9.91. The molecule has 0 spiro atoms. The van der Waals surface area contributed by atoms with Crippen LogP contribution in [0.3, 0.4) is 0 Å². The van der Waals surface area contributed by atoms with Crippen LogP contribution in [0.5, 0.6) is 0 Å². The lowest BCUT2D eigenvalue weighted by atomic mass is 10.0. The van der Waals surface area contributed by atoms with Crippen molar-refractivity contribution in [2.75, 3.05) is 18.1 Å². The summed E-state index contributed by atoms with van der Waals surface area (Å²) in [6.07, 6.45) is 1.74. The monoisotopic (exact) mass is 319 g/mol. The van der Waals surface area contributed by atoms with Gasteiger partial charge in [-0.1, -0.05) is 26.0 Å². The molecule has 0 saturated carbocycles. The van der Waals surface area contributed by atoms with E-state index in [4.69, 9.17) is 0 Å². The topological polar surface area (TPSA) is 46.2 Å². The second-order valence-corrected chi connectivity index (χ2v) is 7.50. The molecule has 1 N–H and O–H groups in total. The average molecular weight is 319 g/mol. The van der Waals surface area contributed by atoms with Crippen LogP contribution < -0.4 is 5.32 Å². The van der Waals surface area contributed by atoms with E-state index in [1.165, 1.54) is 6.07 Å². The molecule has 120 valence electrons. The first-order valence-electron chi connectivity index (χ1n) is 7.29. The fourth-order valence-corrected chi connectivity index (χ4v) is 3.02. The Labute approximate surface area is 125 Å². The minimum Gasteiger partial charge on any atom is -0.310 e. The molecule has 0 aromatic heterocycles. The summed E-state index contributed by atoms with van der Waals surface area (Å²) in [5.74, 6) is -1.56. The first-order valence-corrected chi connectivity index (χ1v) is 9.11. The van der Waals surface area contributed by atoms with E-state index in [1.807, 2.05) is 6.92 Å². The van der Waals surface area contributed by atoms with E-state index in [9.17, 15) is 17.2 Å². The molecular formula is C15H23F2NO2S. The quantitative estimate of drug-likeness (QED) is 0.760. The number of nitrogens with one attached hydrogen (secondary N) is 1. The number of hydrogen-bond acceptors (Lipinski definition) is 3. The van der Waals surface area contributed by atoms with Crippen molar-refractivity contribution < 1.29 is 17.2 Å². The predicted octanol–water partition coefficient (Wildman–Crippen LogP) is 3.22. The van der Waals surface area contributed by atoms with Crippen molar-refractivity contribution in [1.82, 2.24) is 5.32 Å². The van der Waals surface area contributed by atoms with Gasteiger partial charge in [0.2, 0.25) is 0 Å². The van der Waals surface area contributed by atoms with Crippen molar-refractivity contribution in [2.45, 2.75) is 39.2 Å². The molecule has 0 amide bonds. The maximum absolute atomic E-state index is 13.9. The zero-order valence-corrected chi connectivity index (χ0v) is 13.3. The number of benzene rings is 1. The lowest BCUT2D eigenvalue weighted by Gasteiger charge is -2.19. The molecule has 0 aliphatic carbocycles. The van der Waals surface area contributed by atoms with Crippen LogP contribution in [0, 0.1) is 11.6 Å². The van der Waals surface area contributed by atoms with Crippen molar-refractivity contribution in [3.05, 3.63) is 35.4 Å². The molecule has 1 atom stereocenters. The summed E-state index contributed by atoms with van der Waals surface area (Å²) in [7, 11) is -3.03. The van der Waals surface area contributed by atoms with Crippen LogP contribution >= 0.6 is 0 Å². The summed E-state index contributed by atoms with van der Waals surface area (Å²) in [5, 5.41) is 3.16. The fraction of sp³-hybridized carbons (Fsp3) is 0.600. The zero-order valence-electron chi connectivity index (χ0n) is 12.5. The van der Waals surface area contributed by atoms with Crippen LogP contribution in [0.25, 0.3) is 0 Å². The summed E-state index contributed by atoms with van der Waals surface area (Å²) in [4.78, 5) is 0. The van der Waals surface area contributed by atoms with Crippen LogP contribution in [0.15, 0.2) is 18.2 Å². The lowest BCUT2D eigenvalue weighted by molar-refractivity contribution is 0.443. The molecule has 1 aromatic rings. The maximum atomic E-state index is 13.9. The molecule has 3 nitrogen and oxygen atoms in total. The van der Waals surface area contributed by atoms with Crippen molar-refractivity contribution in [3.63, 3.8) is 0 Å². The molecule has 0 aliphatic rings. The van der Waals surface area contributed by atoms with Crippen LogP contribution in [-0.2, 0) is 9.84 Å². The van der Waals surface area contributed by atoms with Gasteiger partial charge in [0.25, 0.3) is 0 Å². The molecule has 0 bridgehead atoms. The van der Waals surface area contributed by atoms with E-state index in [0.29, 0.717) is 19.4 Å². The predicted molar refractivity (Wildman–Crippen MR) is 81.0 cm³/mol. The Morgan fingerprint density at radius 3 is 2.57 bits per heavy atom. The molecule has 0 radical (unpaired) electrons. The van der Waals surface area contributed by atoms with Gasteiger partial charge in [0.15, 0.2) is 11.6 Å². The minimum absolute atomic E-state index is 0.0741. The van der Waals surface area contributed by atoms with Gasteiger partial charge in [0.05, 0.1) is 5.75 Å². The Kier molecular flexibility index (Phi) is 7.25. The number of hydrogen-bond donors (Lipinski definition) is 1. The zero-order chi connectivity index (χ0) is 15.9. The van der Waals surface area contributed by atoms with Crippen molar-refractivity contribution in [1.29, 1.82) is 0 Å². The Hall–Kier alpha value is -1.01. The molecule has 1 unspecified atom stereocenters. The number of sulfone groups is 1. The largest absolute Gasteiger partial charge is 0.310 e. The van der Waals surface area contributed by atoms with Crippen molar-refractivity contribution in [2.24, 2.45) is 0 Å². The molecule has 21 heavy (non-hydrogen) atoms. The summed E-state index contributed by atoms with van der Waals surface area (Å²) in [6, 6.07) is 3.72. The summed E-state index contributed by atoms with van der Waals surface area (Å²) in [5.41, 5.74) is 0.261. The average Bonchev–Trinajstić information content (AvgIpc) is 2.46. The number of halogens is 2. The highest BCUT2D eigenvalue weighted by molar-refractivity contribution is 7.91. The molecule has 0 heterocycles. The highest BCUT2D eigenvalue weighted by atomic mass is 32.2. The van der Waals surface area contributed by atoms with Gasteiger partial charge in [0, 0.05) is 17.4 Å². The van der Waals surface area contributed by atoms with Crippen LogP contribution in [0.1, 0.15) is 44.7 Å². The van der Waals surface area contributed by atoms with E-state index >= 15 is 0 Å². The minimum atomic E-state index is -3.03. The molecular weight excluding hydrogens is 296 g/mol. The molecule has 1 aromatic carbocycles. The normalized spacial score (nSPS) is 13.3. The van der Waals surface area contributed by atoms with E-state index in [0.717, 1.165) is 12.5 Å². The fourth-order valence-electron chi connectivity index (χ4n) is 2.13. The van der Waals surface area contributed by atoms with E-state index < -0.39 is 21.5 Å². The molecule has 0 saturated heterocycles. The SMILES string of the molecule is CCCNC(CCCS(=O)(=O)CC)c1cccc(F)c1F. The molecule has 0 aliphatic heterocycles. The van der Waals surface area contributed by atoms with E-state index in [1.54, 1.807) is 13.0 Å². The first kappa shape index (κ1) is 18.0. The number of rotatable bonds is 9. The Balaban J connectivity index is 2.78. The maximum Gasteiger partial charge on any atom is 0.163 e. The van der Waals surface area contributed by atoms with E-state index in [2.05, 4.69) is 5.32 Å². The summed E-state index contributed by atoms with van der Waals surface area (Å²) in [6.45, 7) is 4.25. The third-order valence-electron chi connectivity index (χ3n) is 3.39. The van der Waals surface area contributed by atoms with Crippen LogP contribution in [0.4, 0.5) is 8.78 Å². The van der Waals surface area contributed by atoms with Gasteiger partial charge in [-0.25, -0.2) is 17.2 Å². The van der Waals surface area contributed by atoms with Crippen molar-refractivity contribution >= 4 is 9.84 Å². The Morgan fingerprint density at radius 1 is 1.24 bits per heavy atom. The molecule has 6 heteroatoms. The Morgan fingerprint density at radius 2 is 1.95 bits per heavy atom. The standard InChI is InChI=1S/C15H23F2NO2S/c1-3-10-18-14(9-6-11-21(19,20)4-2)12-7-5-8-13(16)15(12)17/h5,7-8,14,18H,3-4,6,9-11H2,1-2H3. The van der Waals surface area contributed by atoms with Gasteiger partial charge in [-0.05, 0) is 31.9 Å². The molecule has 0 fully saturated rings. The van der Waals surface area contributed by atoms with Crippen LogP contribution in [-0.4, -0.2) is 26.5 Å². The van der Waals surface area contributed by atoms with Gasteiger partial charge in [-0.15, -0.1) is 0 Å². The van der Waals surface area contributed by atoms with Gasteiger partial charge in [-0.2, -0.15) is 0 Å². The summed E-state index contributed by atoms with van der Waals surface area (Å²) >= 11 is 0. The third kappa shape index (κ3) is 5.71. The smallest absolute Gasteiger partial charge is 0.163 e. The van der Waals surface area contributed by atoms with Gasteiger partial charge < -0.3 is 5.32 Å². The lowest BCUT2D eigenvalue weighted by Crippen LogP contribution is -2.24.